The van der Waals surface area contributed by atoms with Crippen LogP contribution in [0, 0.1) is 11.6 Å². The highest BCUT2D eigenvalue weighted by Gasteiger charge is 2.05. The number of benzene rings is 2. The van der Waals surface area contributed by atoms with Crippen LogP contribution < -0.4 is 10.1 Å². The zero-order valence-electron chi connectivity index (χ0n) is 12.2. The maximum absolute atomic E-state index is 13.5. The Morgan fingerprint density at radius 3 is 2.57 bits per heavy atom. The lowest BCUT2D eigenvalue weighted by molar-refractivity contribution is 0.288. The molecule has 2 aromatic carbocycles. The summed E-state index contributed by atoms with van der Waals surface area (Å²) in [7, 11) is 0. The molecule has 0 bridgehead atoms. The van der Waals surface area contributed by atoms with Gasteiger partial charge in [0.15, 0.2) is 11.6 Å². The van der Waals surface area contributed by atoms with Gasteiger partial charge in [0.1, 0.15) is 12.4 Å². The maximum Gasteiger partial charge on any atom is 0.165 e. The molecule has 0 spiro atoms. The normalized spacial score (nSPS) is 10.9. The first-order valence-electron chi connectivity index (χ1n) is 6.93. The summed E-state index contributed by atoms with van der Waals surface area (Å²) in [5.74, 6) is -1.14. The van der Waals surface area contributed by atoms with Crippen LogP contribution in [0.1, 0.15) is 25.0 Å². The monoisotopic (exact) mass is 291 g/mol. The smallest absolute Gasteiger partial charge is 0.165 e. The van der Waals surface area contributed by atoms with Gasteiger partial charge in [-0.25, -0.2) is 8.78 Å². The second kappa shape index (κ2) is 7.18. The predicted molar refractivity (Wildman–Crippen MR) is 79.1 cm³/mol. The third-order valence-electron chi connectivity index (χ3n) is 2.99. The fourth-order valence-corrected chi connectivity index (χ4v) is 1.90. The first-order valence-corrected chi connectivity index (χ1v) is 6.93. The molecular weight excluding hydrogens is 272 g/mol. The SMILES string of the molecule is CC(C)NCc1cccc(COc2cc(F)ccc2F)c1. The number of ether oxygens (including phenoxy) is 1. The van der Waals surface area contributed by atoms with E-state index < -0.39 is 11.6 Å². The number of rotatable bonds is 6. The highest BCUT2D eigenvalue weighted by atomic mass is 19.1. The molecule has 0 aliphatic heterocycles. The van der Waals surface area contributed by atoms with E-state index in [1.807, 2.05) is 24.3 Å². The summed E-state index contributed by atoms with van der Waals surface area (Å²) in [5, 5.41) is 3.33. The van der Waals surface area contributed by atoms with Gasteiger partial charge in [0.25, 0.3) is 0 Å². The Labute approximate surface area is 123 Å². The van der Waals surface area contributed by atoms with E-state index in [9.17, 15) is 8.78 Å². The molecule has 0 radical (unpaired) electrons. The van der Waals surface area contributed by atoms with Crippen molar-refractivity contribution in [1.82, 2.24) is 5.32 Å². The van der Waals surface area contributed by atoms with Gasteiger partial charge < -0.3 is 10.1 Å². The molecule has 4 heteroatoms. The lowest BCUT2D eigenvalue weighted by atomic mass is 10.1. The predicted octanol–water partition coefficient (Wildman–Crippen LogP) is 4.04. The molecule has 112 valence electrons. The molecule has 0 heterocycles. The van der Waals surface area contributed by atoms with Crippen LogP contribution in [0.3, 0.4) is 0 Å². The van der Waals surface area contributed by atoms with Gasteiger partial charge in [-0.2, -0.15) is 0 Å². The minimum Gasteiger partial charge on any atom is -0.486 e. The third-order valence-corrected chi connectivity index (χ3v) is 2.99. The summed E-state index contributed by atoms with van der Waals surface area (Å²) in [6.45, 7) is 5.13. The molecule has 2 aromatic rings. The molecule has 1 N–H and O–H groups in total. The van der Waals surface area contributed by atoms with Gasteiger partial charge in [0, 0.05) is 18.7 Å². The van der Waals surface area contributed by atoms with E-state index >= 15 is 0 Å². The highest BCUT2D eigenvalue weighted by Crippen LogP contribution is 2.19. The Hall–Kier alpha value is -1.94. The molecule has 0 atom stereocenters. The fourth-order valence-electron chi connectivity index (χ4n) is 1.90. The second-order valence-corrected chi connectivity index (χ2v) is 5.22. The van der Waals surface area contributed by atoms with E-state index in [4.69, 9.17) is 4.74 Å². The molecule has 2 nitrogen and oxygen atoms in total. The zero-order chi connectivity index (χ0) is 15.2. The van der Waals surface area contributed by atoms with Gasteiger partial charge >= 0.3 is 0 Å². The van der Waals surface area contributed by atoms with E-state index in [1.165, 1.54) is 0 Å². The van der Waals surface area contributed by atoms with Crippen LogP contribution >= 0.6 is 0 Å². The van der Waals surface area contributed by atoms with E-state index in [0.29, 0.717) is 6.04 Å². The molecule has 0 aliphatic carbocycles. The van der Waals surface area contributed by atoms with Gasteiger partial charge in [-0.15, -0.1) is 0 Å². The topological polar surface area (TPSA) is 21.3 Å². The quantitative estimate of drug-likeness (QED) is 0.867. The van der Waals surface area contributed by atoms with E-state index in [0.717, 1.165) is 35.9 Å². The molecule has 0 aromatic heterocycles. The number of nitrogens with one attached hydrogen (secondary N) is 1. The average Bonchev–Trinajstić information content (AvgIpc) is 2.46. The standard InChI is InChI=1S/C17H19F2NO/c1-12(2)20-10-13-4-3-5-14(8-13)11-21-17-9-15(18)6-7-16(17)19/h3-9,12,20H,10-11H2,1-2H3. The molecule has 0 amide bonds. The summed E-state index contributed by atoms with van der Waals surface area (Å²) in [6.07, 6.45) is 0. The lowest BCUT2D eigenvalue weighted by Gasteiger charge is -2.11. The van der Waals surface area contributed by atoms with Gasteiger partial charge in [-0.1, -0.05) is 38.1 Å². The largest absolute Gasteiger partial charge is 0.486 e. The minimum absolute atomic E-state index is 0.0688. The summed E-state index contributed by atoms with van der Waals surface area (Å²) in [4.78, 5) is 0. The summed E-state index contributed by atoms with van der Waals surface area (Å²) >= 11 is 0. The van der Waals surface area contributed by atoms with Crippen molar-refractivity contribution in [2.45, 2.75) is 33.0 Å². The van der Waals surface area contributed by atoms with Crippen molar-refractivity contribution in [2.75, 3.05) is 0 Å². The van der Waals surface area contributed by atoms with Crippen molar-refractivity contribution < 1.29 is 13.5 Å². The van der Waals surface area contributed by atoms with E-state index in [-0.39, 0.29) is 12.4 Å². The van der Waals surface area contributed by atoms with Crippen molar-refractivity contribution in [3.63, 3.8) is 0 Å². The Bertz CT molecular complexity index is 599. The van der Waals surface area contributed by atoms with Crippen LogP contribution in [-0.2, 0) is 13.2 Å². The summed E-state index contributed by atoms with van der Waals surface area (Å²) in [6, 6.07) is 11.4. The first-order chi connectivity index (χ1) is 10.0. The van der Waals surface area contributed by atoms with Crippen LogP contribution in [0.2, 0.25) is 0 Å². The summed E-state index contributed by atoms with van der Waals surface area (Å²) < 4.78 is 31.9. The van der Waals surface area contributed by atoms with Crippen LogP contribution in [0.4, 0.5) is 8.78 Å². The molecule has 21 heavy (non-hydrogen) atoms. The first kappa shape index (κ1) is 15.4. The van der Waals surface area contributed by atoms with Crippen molar-refractivity contribution >= 4 is 0 Å². The number of hydrogen-bond acceptors (Lipinski definition) is 2. The van der Waals surface area contributed by atoms with Gasteiger partial charge in [0.2, 0.25) is 0 Å². The molecule has 2 rings (SSSR count). The van der Waals surface area contributed by atoms with Gasteiger partial charge in [0.05, 0.1) is 0 Å². The van der Waals surface area contributed by atoms with Crippen LogP contribution in [-0.4, -0.2) is 6.04 Å². The van der Waals surface area contributed by atoms with Gasteiger partial charge in [-0.05, 0) is 23.3 Å². The molecule has 0 saturated heterocycles. The average molecular weight is 291 g/mol. The number of halogens is 2. The fraction of sp³-hybridized carbons (Fsp3) is 0.294. The third kappa shape index (κ3) is 4.83. The second-order valence-electron chi connectivity index (χ2n) is 5.22. The minimum atomic E-state index is -0.561. The highest BCUT2D eigenvalue weighted by molar-refractivity contribution is 5.27. The Balaban J connectivity index is 1.99. The number of hydrogen-bond donors (Lipinski definition) is 1. The zero-order valence-corrected chi connectivity index (χ0v) is 12.2. The molecular formula is C17H19F2NO. The lowest BCUT2D eigenvalue weighted by Crippen LogP contribution is -2.21. The maximum atomic E-state index is 13.5. The van der Waals surface area contributed by atoms with Crippen LogP contribution in [0.5, 0.6) is 5.75 Å². The van der Waals surface area contributed by atoms with Gasteiger partial charge in [-0.3, -0.25) is 0 Å². The Kier molecular flexibility index (Phi) is 5.28. The van der Waals surface area contributed by atoms with Crippen molar-refractivity contribution in [3.8, 4) is 5.75 Å². The summed E-state index contributed by atoms with van der Waals surface area (Å²) in [5.41, 5.74) is 2.05. The van der Waals surface area contributed by atoms with E-state index in [1.54, 1.807) is 0 Å². The Morgan fingerprint density at radius 2 is 1.81 bits per heavy atom. The Morgan fingerprint density at radius 1 is 1.05 bits per heavy atom. The van der Waals surface area contributed by atoms with Crippen molar-refractivity contribution in [3.05, 3.63) is 65.2 Å². The van der Waals surface area contributed by atoms with Crippen LogP contribution in [0.25, 0.3) is 0 Å². The van der Waals surface area contributed by atoms with Crippen molar-refractivity contribution in [1.29, 1.82) is 0 Å². The molecule has 0 unspecified atom stereocenters. The molecule has 0 saturated carbocycles. The van der Waals surface area contributed by atoms with Crippen molar-refractivity contribution in [2.24, 2.45) is 0 Å². The van der Waals surface area contributed by atoms with E-state index in [2.05, 4.69) is 19.2 Å². The molecule has 0 aliphatic rings. The van der Waals surface area contributed by atoms with Crippen LogP contribution in [0.15, 0.2) is 42.5 Å². The molecule has 0 fully saturated rings.